The predicted octanol–water partition coefficient (Wildman–Crippen LogP) is 10.8. The van der Waals surface area contributed by atoms with Crippen molar-refractivity contribution >= 4 is 25.0 Å². The molecule has 0 aromatic heterocycles. The minimum atomic E-state index is -2.32. The Hall–Kier alpha value is -0.549. The number of aliphatic hydroxyl groups is 3. The third-order valence-corrected chi connectivity index (χ3v) is 30.1. The van der Waals surface area contributed by atoms with E-state index in [4.69, 9.17) is 13.3 Å². The van der Waals surface area contributed by atoms with Crippen LogP contribution in [0.5, 0.6) is 0 Å². The van der Waals surface area contributed by atoms with Gasteiger partial charge in [0, 0.05) is 17.9 Å². The first-order valence-electron chi connectivity index (χ1n) is 21.1. The van der Waals surface area contributed by atoms with Crippen LogP contribution in [-0.2, 0) is 13.3 Å². The van der Waals surface area contributed by atoms with Gasteiger partial charge in [-0.25, -0.2) is 0 Å². The topological polar surface area (TPSA) is 88.4 Å². The molecule has 9 heteroatoms. The molecule has 310 valence electrons. The van der Waals surface area contributed by atoms with Crippen molar-refractivity contribution in [2.45, 2.75) is 212 Å². The van der Waals surface area contributed by atoms with E-state index in [0.29, 0.717) is 12.3 Å². The van der Waals surface area contributed by atoms with Crippen molar-refractivity contribution in [3.05, 3.63) is 23.3 Å². The smallest absolute Gasteiger partial charge is 0.192 e. The Morgan fingerprint density at radius 1 is 0.870 bits per heavy atom. The number of allylic oxidation sites excluding steroid dienone is 1. The molecule has 4 rings (SSSR count). The van der Waals surface area contributed by atoms with Crippen LogP contribution in [0.4, 0.5) is 0 Å². The second-order valence-electron chi connectivity index (χ2n) is 23.2. The molecule has 4 aliphatic carbocycles. The van der Waals surface area contributed by atoms with Crippen LogP contribution in [0.15, 0.2) is 23.3 Å². The van der Waals surface area contributed by atoms with E-state index in [1.807, 2.05) is 19.9 Å². The Kier molecular flexibility index (Phi) is 12.5. The fourth-order valence-corrected chi connectivity index (χ4v) is 14.0. The summed E-state index contributed by atoms with van der Waals surface area (Å²) in [5.41, 5.74) is -0.508. The van der Waals surface area contributed by atoms with Crippen LogP contribution < -0.4 is 0 Å². The Morgan fingerprint density at radius 2 is 1.41 bits per heavy atom. The molecule has 10 atom stereocenters. The van der Waals surface area contributed by atoms with Crippen LogP contribution in [0.2, 0.25) is 54.4 Å². The Morgan fingerprint density at radius 3 is 1.93 bits per heavy atom. The summed E-state index contributed by atoms with van der Waals surface area (Å²) in [4.78, 5) is 0. The van der Waals surface area contributed by atoms with Gasteiger partial charge in [-0.05, 0) is 118 Å². The van der Waals surface area contributed by atoms with E-state index >= 15 is 0 Å². The first-order valence-corrected chi connectivity index (χ1v) is 29.8. The lowest BCUT2D eigenvalue weighted by atomic mass is 9.46. The minimum absolute atomic E-state index is 0.00337. The van der Waals surface area contributed by atoms with Crippen molar-refractivity contribution in [3.63, 3.8) is 0 Å². The lowest BCUT2D eigenvalue weighted by Crippen LogP contribution is -2.66. The monoisotopic (exact) mass is 803 g/mol. The number of rotatable bonds is 9. The minimum Gasteiger partial charge on any atom is -0.414 e. The van der Waals surface area contributed by atoms with Gasteiger partial charge in [-0.1, -0.05) is 111 Å². The molecule has 1 unspecified atom stereocenters. The highest BCUT2D eigenvalue weighted by molar-refractivity contribution is 6.75. The van der Waals surface area contributed by atoms with Gasteiger partial charge in [-0.15, -0.1) is 0 Å². The first-order chi connectivity index (χ1) is 24.1. The zero-order valence-electron chi connectivity index (χ0n) is 38.1. The third-order valence-electron chi connectivity index (χ3n) is 16.4. The SMILES string of the molecule is CC(C#CC[C@@](C)(CO)O[Si](C)(C)C(C)(C)C)[C@@]1(O)[C@@H](O)C=C2[C@@H]3CC=C4C[C@@H](O[Si](C)(C)C(C)(C)C)CC[C@]4(C)[C@H]3C[C@@H](O[Si](C)(C)C(C)(C)C)[C@@]21C. The average molecular weight is 803 g/mol. The molecule has 6 nitrogen and oxygen atoms in total. The zero-order valence-corrected chi connectivity index (χ0v) is 41.1. The van der Waals surface area contributed by atoms with Gasteiger partial charge in [0.2, 0.25) is 0 Å². The number of hydrogen-bond acceptors (Lipinski definition) is 6. The zero-order chi connectivity index (χ0) is 41.5. The third kappa shape index (κ3) is 7.94. The Balaban J connectivity index is 1.73. The van der Waals surface area contributed by atoms with Gasteiger partial charge in [-0.3, -0.25) is 0 Å². The number of fused-ring (bicyclic) bond motifs is 5. The standard InChI is InChI=1S/C45H82O6Si3/c1-31(21-20-25-42(11,30-46)51-54(18,19)41(8,9)10)45(48)37(47)28-36-34-23-22-32-27-33(49-52(14,15)39(2,3)4)24-26-43(32,12)35(34)29-38(44(36,45)13)50-53(16,17)40(5,6)7/h22,28,31,33-35,37-38,46-48H,23-27,29-30H2,1-19H3/t31?,33-,34+,35-,37-,38+,42-,43-,44+,45+/m0/s1. The summed E-state index contributed by atoms with van der Waals surface area (Å²) >= 11 is 0. The van der Waals surface area contributed by atoms with Gasteiger partial charge in [0.1, 0.15) is 11.7 Å². The van der Waals surface area contributed by atoms with Gasteiger partial charge >= 0.3 is 0 Å². The molecule has 0 aromatic carbocycles. The maximum absolute atomic E-state index is 13.2. The van der Waals surface area contributed by atoms with E-state index in [1.165, 1.54) is 5.57 Å². The van der Waals surface area contributed by atoms with E-state index in [0.717, 1.165) is 37.7 Å². The van der Waals surface area contributed by atoms with Crippen molar-refractivity contribution in [2.75, 3.05) is 6.61 Å². The quantitative estimate of drug-likeness (QED) is 0.122. The van der Waals surface area contributed by atoms with Crippen LogP contribution in [0.3, 0.4) is 0 Å². The molecule has 2 fully saturated rings. The van der Waals surface area contributed by atoms with Crippen molar-refractivity contribution in [1.29, 1.82) is 0 Å². The fraction of sp³-hybridized carbons (Fsp3) is 0.867. The van der Waals surface area contributed by atoms with Gasteiger partial charge < -0.3 is 28.6 Å². The van der Waals surface area contributed by atoms with Crippen molar-refractivity contribution in [2.24, 2.45) is 28.6 Å². The summed E-state index contributed by atoms with van der Waals surface area (Å²) in [5, 5.41) is 35.9. The Labute approximate surface area is 335 Å². The summed E-state index contributed by atoms with van der Waals surface area (Å²) in [6, 6.07) is 0. The largest absolute Gasteiger partial charge is 0.414 e. The van der Waals surface area contributed by atoms with E-state index < -0.39 is 53.6 Å². The highest BCUT2D eigenvalue weighted by Gasteiger charge is 2.69. The van der Waals surface area contributed by atoms with E-state index in [1.54, 1.807) is 0 Å². The van der Waals surface area contributed by atoms with Crippen LogP contribution in [-0.4, -0.2) is 76.4 Å². The molecular formula is C45H82O6Si3. The maximum atomic E-state index is 13.2. The van der Waals surface area contributed by atoms with E-state index in [9.17, 15) is 15.3 Å². The van der Waals surface area contributed by atoms with Crippen LogP contribution in [0.1, 0.15) is 129 Å². The molecule has 54 heavy (non-hydrogen) atoms. The number of hydrogen-bond donors (Lipinski definition) is 3. The highest BCUT2D eigenvalue weighted by atomic mass is 28.4. The molecule has 0 bridgehead atoms. The van der Waals surface area contributed by atoms with Crippen LogP contribution in [0.25, 0.3) is 0 Å². The van der Waals surface area contributed by atoms with Gasteiger partial charge in [0.05, 0.1) is 24.2 Å². The van der Waals surface area contributed by atoms with Gasteiger partial charge in [0.25, 0.3) is 0 Å². The molecule has 0 amide bonds. The number of aliphatic hydroxyl groups excluding tert-OH is 2. The first kappa shape index (κ1) is 46.1. The molecule has 4 aliphatic rings. The van der Waals surface area contributed by atoms with E-state index in [2.05, 4.69) is 133 Å². The van der Waals surface area contributed by atoms with Crippen molar-refractivity contribution in [1.82, 2.24) is 0 Å². The summed E-state index contributed by atoms with van der Waals surface area (Å²) in [6.07, 6.45) is 8.60. The molecule has 2 saturated carbocycles. The van der Waals surface area contributed by atoms with Gasteiger partial charge in [-0.2, -0.15) is 0 Å². The molecule has 0 aliphatic heterocycles. The molecule has 0 radical (unpaired) electrons. The molecule has 3 N–H and O–H groups in total. The summed E-state index contributed by atoms with van der Waals surface area (Å²) < 4.78 is 21.2. The average Bonchev–Trinajstić information content (AvgIpc) is 3.22. The molecule has 0 aromatic rings. The lowest BCUT2D eigenvalue weighted by molar-refractivity contribution is -0.181. The maximum Gasteiger partial charge on any atom is 0.192 e. The van der Waals surface area contributed by atoms with Crippen molar-refractivity contribution in [3.8, 4) is 11.8 Å². The summed E-state index contributed by atoms with van der Waals surface area (Å²) in [7, 11) is -6.40. The van der Waals surface area contributed by atoms with Crippen molar-refractivity contribution < 1.29 is 28.6 Å². The molecule has 0 heterocycles. The molecular weight excluding hydrogens is 721 g/mol. The fourth-order valence-electron chi connectivity index (χ4n) is 9.51. The van der Waals surface area contributed by atoms with Gasteiger partial charge in [0.15, 0.2) is 25.0 Å². The van der Waals surface area contributed by atoms with Crippen LogP contribution >= 0.6 is 0 Å². The normalized spacial score (nSPS) is 35.4. The molecule has 0 saturated heterocycles. The second-order valence-corrected chi connectivity index (χ2v) is 37.5. The summed E-state index contributed by atoms with van der Waals surface area (Å²) in [6.45, 7) is 42.6. The lowest BCUT2D eigenvalue weighted by Gasteiger charge is -2.62. The molecule has 0 spiro atoms. The highest BCUT2D eigenvalue weighted by Crippen LogP contribution is 2.67. The summed E-state index contributed by atoms with van der Waals surface area (Å²) in [5.74, 6) is 6.74. The van der Waals surface area contributed by atoms with E-state index in [-0.39, 0.29) is 45.3 Å². The predicted molar refractivity (Wildman–Crippen MR) is 233 cm³/mol. The second kappa shape index (κ2) is 14.6. The Bertz CT molecular complexity index is 1520. The van der Waals surface area contributed by atoms with Crippen LogP contribution in [0, 0.1) is 40.4 Å².